The van der Waals surface area contributed by atoms with Crippen LogP contribution in [0.3, 0.4) is 0 Å². The third-order valence-electron chi connectivity index (χ3n) is 12.2. The summed E-state index contributed by atoms with van der Waals surface area (Å²) in [4.78, 5) is 20.7. The molecule has 3 aromatic heterocycles. The number of fused-ring (bicyclic) bond motifs is 5. The zero-order chi connectivity index (χ0) is 43.1. The first-order chi connectivity index (χ1) is 32.2. The second kappa shape index (κ2) is 16.4. The zero-order valence-electron chi connectivity index (χ0n) is 35.1. The minimum absolute atomic E-state index is 0.618. The molecule has 4 nitrogen and oxygen atoms in total. The van der Waals surface area contributed by atoms with E-state index in [2.05, 4.69) is 218 Å². The molecule has 0 radical (unpaired) electrons. The van der Waals surface area contributed by atoms with E-state index in [1.165, 1.54) is 47.8 Å². The number of rotatable bonds is 8. The van der Waals surface area contributed by atoms with Crippen LogP contribution in [-0.2, 0) is 0 Å². The van der Waals surface area contributed by atoms with Crippen LogP contribution < -0.4 is 0 Å². The highest BCUT2D eigenvalue weighted by Gasteiger charge is 2.20. The van der Waals surface area contributed by atoms with E-state index in [0.29, 0.717) is 17.5 Å². The van der Waals surface area contributed by atoms with Crippen LogP contribution in [0.2, 0.25) is 0 Å². The van der Waals surface area contributed by atoms with E-state index < -0.39 is 0 Å². The summed E-state index contributed by atoms with van der Waals surface area (Å²) in [6.07, 6.45) is 0. The molecular weight excluding hydrogens is 809 g/mol. The van der Waals surface area contributed by atoms with Gasteiger partial charge in [0.15, 0.2) is 17.5 Å². The smallest absolute Gasteiger partial charge is 0.164 e. The fourth-order valence-corrected chi connectivity index (χ4v) is 10.1. The van der Waals surface area contributed by atoms with E-state index >= 15 is 0 Å². The molecule has 3 heterocycles. The summed E-state index contributed by atoms with van der Waals surface area (Å²) in [7, 11) is 0. The van der Waals surface area contributed by atoms with Crippen LogP contribution in [-0.4, -0.2) is 19.9 Å². The Morgan fingerprint density at radius 1 is 0.277 bits per heavy atom. The van der Waals surface area contributed by atoms with Crippen LogP contribution in [0.4, 0.5) is 0 Å². The Morgan fingerprint density at radius 3 is 1.25 bits per heavy atom. The molecule has 0 atom stereocenters. The van der Waals surface area contributed by atoms with Crippen LogP contribution in [0.25, 0.3) is 121 Å². The molecule has 0 saturated heterocycles. The van der Waals surface area contributed by atoms with Crippen LogP contribution >= 0.6 is 11.3 Å². The number of aromatic nitrogens is 4. The van der Waals surface area contributed by atoms with E-state index in [0.717, 1.165) is 55.7 Å². The van der Waals surface area contributed by atoms with Gasteiger partial charge in [-0.3, -0.25) is 0 Å². The molecule has 0 bridgehead atoms. The van der Waals surface area contributed by atoms with Gasteiger partial charge in [0.1, 0.15) is 0 Å². The predicted molar refractivity (Wildman–Crippen MR) is 272 cm³/mol. The van der Waals surface area contributed by atoms with Gasteiger partial charge in [-0.1, -0.05) is 212 Å². The molecule has 5 heteroatoms. The van der Waals surface area contributed by atoms with Crippen LogP contribution in [0.5, 0.6) is 0 Å². The van der Waals surface area contributed by atoms with Crippen molar-refractivity contribution in [2.24, 2.45) is 0 Å². The minimum Gasteiger partial charge on any atom is -0.246 e. The Balaban J connectivity index is 0.925. The second-order valence-corrected chi connectivity index (χ2v) is 17.2. The number of thiophene rings is 1. The summed E-state index contributed by atoms with van der Waals surface area (Å²) in [5, 5.41) is 3.71. The molecule has 9 aromatic carbocycles. The summed E-state index contributed by atoms with van der Waals surface area (Å²) in [5.41, 5.74) is 15.0. The van der Waals surface area contributed by atoms with Crippen LogP contribution in [0.15, 0.2) is 231 Å². The summed E-state index contributed by atoms with van der Waals surface area (Å²) < 4.78 is 2.45. The first-order valence-electron chi connectivity index (χ1n) is 21.8. The first kappa shape index (κ1) is 38.3. The number of pyridine rings is 1. The maximum Gasteiger partial charge on any atom is 0.164 e. The average Bonchev–Trinajstić information content (AvgIpc) is 3.79. The predicted octanol–water partition coefficient (Wildman–Crippen LogP) is 16.1. The molecule has 0 aliphatic rings. The molecule has 0 saturated carbocycles. The molecule has 12 rings (SSSR count). The van der Waals surface area contributed by atoms with E-state index in [1.807, 2.05) is 23.5 Å². The third kappa shape index (κ3) is 7.24. The minimum atomic E-state index is 0.618. The summed E-state index contributed by atoms with van der Waals surface area (Å²) in [5.74, 6) is 1.87. The first-order valence-corrected chi connectivity index (χ1v) is 22.6. The molecule has 65 heavy (non-hydrogen) atoms. The lowest BCUT2D eigenvalue weighted by Crippen LogP contribution is -2.00. The van der Waals surface area contributed by atoms with Gasteiger partial charge < -0.3 is 0 Å². The molecule has 0 amide bonds. The molecular formula is C60H38N4S. The van der Waals surface area contributed by atoms with Gasteiger partial charge in [-0.25, -0.2) is 19.9 Å². The van der Waals surface area contributed by atoms with Crippen molar-refractivity contribution in [1.29, 1.82) is 0 Å². The van der Waals surface area contributed by atoms with Crippen LogP contribution in [0.1, 0.15) is 0 Å². The van der Waals surface area contributed by atoms with Gasteiger partial charge in [0.05, 0.1) is 15.9 Å². The molecule has 12 aromatic rings. The number of hydrogen-bond donors (Lipinski definition) is 0. The normalized spacial score (nSPS) is 11.4. The number of nitrogens with zero attached hydrogens (tertiary/aromatic N) is 4. The lowest BCUT2D eigenvalue weighted by atomic mass is 9.95. The van der Waals surface area contributed by atoms with Crippen molar-refractivity contribution in [2.75, 3.05) is 0 Å². The molecule has 0 fully saturated rings. The monoisotopic (exact) mass is 846 g/mol. The third-order valence-corrected chi connectivity index (χ3v) is 13.3. The zero-order valence-corrected chi connectivity index (χ0v) is 36.0. The fourth-order valence-electron chi connectivity index (χ4n) is 8.89. The summed E-state index contributed by atoms with van der Waals surface area (Å²) in [6.45, 7) is 0. The largest absolute Gasteiger partial charge is 0.246 e. The number of benzene rings is 9. The quantitative estimate of drug-likeness (QED) is 0.153. The highest BCUT2D eigenvalue weighted by Crippen LogP contribution is 2.46. The van der Waals surface area contributed by atoms with Crippen molar-refractivity contribution >= 4 is 42.4 Å². The van der Waals surface area contributed by atoms with Crippen molar-refractivity contribution < 1.29 is 0 Å². The van der Waals surface area contributed by atoms with E-state index in [1.54, 1.807) is 0 Å². The Hall–Kier alpha value is -8.38. The van der Waals surface area contributed by atoms with Crippen molar-refractivity contribution in [2.45, 2.75) is 0 Å². The van der Waals surface area contributed by atoms with Gasteiger partial charge in [0.25, 0.3) is 0 Å². The molecule has 0 aliphatic carbocycles. The van der Waals surface area contributed by atoms with Crippen molar-refractivity contribution in [3.05, 3.63) is 231 Å². The lowest BCUT2D eigenvalue weighted by molar-refractivity contribution is 1.07. The van der Waals surface area contributed by atoms with E-state index in [-0.39, 0.29) is 0 Å². The van der Waals surface area contributed by atoms with Gasteiger partial charge in [-0.2, -0.15) is 0 Å². The van der Waals surface area contributed by atoms with Gasteiger partial charge in [0.2, 0.25) is 0 Å². The Kier molecular flexibility index (Phi) is 9.66. The molecule has 0 unspecified atom stereocenters. The molecule has 0 aliphatic heterocycles. The van der Waals surface area contributed by atoms with E-state index in [4.69, 9.17) is 19.9 Å². The molecule has 0 N–H and O–H groups in total. The Labute approximate surface area is 380 Å². The molecule has 0 spiro atoms. The maximum atomic E-state index is 5.44. The highest BCUT2D eigenvalue weighted by molar-refractivity contribution is 7.26. The van der Waals surface area contributed by atoms with Crippen LogP contribution in [0, 0.1) is 0 Å². The van der Waals surface area contributed by atoms with Crippen molar-refractivity contribution in [3.8, 4) is 89.9 Å². The number of hydrogen-bond acceptors (Lipinski definition) is 5. The Bertz CT molecular complexity index is 3560. The second-order valence-electron chi connectivity index (χ2n) is 16.2. The van der Waals surface area contributed by atoms with E-state index in [9.17, 15) is 0 Å². The summed E-state index contributed by atoms with van der Waals surface area (Å²) in [6, 6.07) is 80.9. The fraction of sp³-hybridized carbons (Fsp3) is 0. The SMILES string of the molecule is c1ccc(-c2ccc(-c3nc(-c4ccc(-c5ccccc5)cc4)nc(-c4ccc(-c5cccc(-c6nc7cccc(-c8ccccc8)c7c7c6sc6ccccc67)c5)cc4)n3)cc2)cc1. The van der Waals surface area contributed by atoms with Crippen molar-refractivity contribution in [3.63, 3.8) is 0 Å². The lowest BCUT2D eigenvalue weighted by Gasteiger charge is -2.13. The van der Waals surface area contributed by atoms with Gasteiger partial charge in [-0.05, 0) is 62.7 Å². The topological polar surface area (TPSA) is 51.6 Å². The average molecular weight is 847 g/mol. The van der Waals surface area contributed by atoms with Crippen molar-refractivity contribution in [1.82, 2.24) is 19.9 Å². The standard InChI is InChI=1S/C60H38N4S/c1-4-14-39(15-5-1)41-26-32-45(33-27-41)58-62-59(46-34-28-42(29-35-46)40-16-6-2-7-17-40)64-60(63-58)47-36-30-43(31-37-47)48-20-12-21-49(38-48)56-57-55(51-22-10-11-25-53(51)65-57)54-50(23-13-24-52(54)61-56)44-18-8-3-9-19-44/h1-38H. The van der Waals surface area contributed by atoms with Gasteiger partial charge in [0, 0.05) is 43.1 Å². The van der Waals surface area contributed by atoms with Gasteiger partial charge >= 0.3 is 0 Å². The summed E-state index contributed by atoms with van der Waals surface area (Å²) >= 11 is 1.82. The molecule has 304 valence electrons. The van der Waals surface area contributed by atoms with Gasteiger partial charge in [-0.15, -0.1) is 11.3 Å². The maximum absolute atomic E-state index is 5.44. The highest BCUT2D eigenvalue weighted by atomic mass is 32.1. The Morgan fingerprint density at radius 2 is 0.692 bits per heavy atom.